The van der Waals surface area contributed by atoms with Crippen LogP contribution in [-0.2, 0) is 4.74 Å². The summed E-state index contributed by atoms with van der Waals surface area (Å²) in [6.07, 6.45) is 8.23. The van der Waals surface area contributed by atoms with E-state index >= 15 is 0 Å². The number of rotatable bonds is 3. The lowest BCUT2D eigenvalue weighted by molar-refractivity contribution is -0.0677. The minimum Gasteiger partial charge on any atom is -0.376 e. The van der Waals surface area contributed by atoms with Crippen molar-refractivity contribution in [1.82, 2.24) is 19.9 Å². The van der Waals surface area contributed by atoms with E-state index in [4.69, 9.17) is 4.74 Å². The number of ether oxygens (including phenoxy) is 1. The standard InChI is InChI=1S/C17H23N5O2/c1-12-11-15-18-9-6-14(22(15)21-12)19-16(23)20-17(7-4-8-17)13-5-2-3-10-24-13/h6,9,11,13H,2-5,7-8,10H2,1H3,(H2,19,20,23). The Morgan fingerprint density at radius 2 is 2.25 bits per heavy atom. The van der Waals surface area contributed by atoms with Gasteiger partial charge in [-0.25, -0.2) is 9.78 Å². The highest BCUT2D eigenvalue weighted by atomic mass is 16.5. The zero-order valence-electron chi connectivity index (χ0n) is 13.9. The Hall–Kier alpha value is -2.15. The average molecular weight is 329 g/mol. The van der Waals surface area contributed by atoms with E-state index in [2.05, 4.69) is 20.7 Å². The van der Waals surface area contributed by atoms with Crippen LogP contribution in [0, 0.1) is 6.92 Å². The lowest BCUT2D eigenvalue weighted by atomic mass is 9.71. The summed E-state index contributed by atoms with van der Waals surface area (Å²) in [6.45, 7) is 2.70. The second kappa shape index (κ2) is 6.05. The van der Waals surface area contributed by atoms with Crippen LogP contribution in [0.3, 0.4) is 0 Å². The summed E-state index contributed by atoms with van der Waals surface area (Å²) in [4.78, 5) is 16.8. The Labute approximate surface area is 140 Å². The number of amides is 2. The number of carbonyl (C=O) groups excluding carboxylic acids is 1. The molecular formula is C17H23N5O2. The predicted octanol–water partition coefficient (Wildman–Crippen LogP) is 2.65. The normalized spacial score (nSPS) is 22.8. The van der Waals surface area contributed by atoms with Gasteiger partial charge in [-0.15, -0.1) is 0 Å². The minimum absolute atomic E-state index is 0.134. The Morgan fingerprint density at radius 1 is 1.38 bits per heavy atom. The fraction of sp³-hybridized carbons (Fsp3) is 0.588. The molecule has 0 bridgehead atoms. The van der Waals surface area contributed by atoms with Crippen LogP contribution in [0.5, 0.6) is 0 Å². The molecule has 1 unspecified atom stereocenters. The minimum atomic E-state index is -0.212. The summed E-state index contributed by atoms with van der Waals surface area (Å²) in [5.74, 6) is 0.615. The SMILES string of the molecule is Cc1cc2nccc(NC(=O)NC3(C4CCCCO4)CCC3)n2n1. The molecule has 2 amide bonds. The molecule has 1 saturated heterocycles. The number of aromatic nitrogens is 3. The second-order valence-electron chi connectivity index (χ2n) is 6.83. The van der Waals surface area contributed by atoms with Gasteiger partial charge in [-0.3, -0.25) is 5.32 Å². The summed E-state index contributed by atoms with van der Waals surface area (Å²) < 4.78 is 7.59. The highest BCUT2D eigenvalue weighted by Gasteiger charge is 2.46. The molecule has 0 radical (unpaired) electrons. The predicted molar refractivity (Wildman–Crippen MR) is 90.1 cm³/mol. The number of urea groups is 1. The van der Waals surface area contributed by atoms with E-state index in [9.17, 15) is 4.79 Å². The molecule has 1 aliphatic heterocycles. The smallest absolute Gasteiger partial charge is 0.320 e. The fourth-order valence-corrected chi connectivity index (χ4v) is 3.74. The van der Waals surface area contributed by atoms with Crippen LogP contribution in [-0.4, -0.2) is 38.9 Å². The van der Waals surface area contributed by atoms with E-state index in [1.165, 1.54) is 6.42 Å². The van der Waals surface area contributed by atoms with Gasteiger partial charge in [-0.1, -0.05) is 0 Å². The quantitative estimate of drug-likeness (QED) is 0.907. The van der Waals surface area contributed by atoms with Crippen LogP contribution >= 0.6 is 0 Å². The molecule has 0 aromatic carbocycles. The maximum Gasteiger partial charge on any atom is 0.320 e. The van der Waals surface area contributed by atoms with Gasteiger partial charge in [0.1, 0.15) is 5.82 Å². The van der Waals surface area contributed by atoms with Gasteiger partial charge in [0.2, 0.25) is 0 Å². The summed E-state index contributed by atoms with van der Waals surface area (Å²) in [5.41, 5.74) is 1.37. The van der Waals surface area contributed by atoms with Gasteiger partial charge in [0.25, 0.3) is 0 Å². The maximum absolute atomic E-state index is 12.6. The molecule has 2 aromatic rings. The first kappa shape index (κ1) is 15.4. The molecule has 1 aliphatic carbocycles. The van der Waals surface area contributed by atoms with Gasteiger partial charge >= 0.3 is 6.03 Å². The van der Waals surface area contributed by atoms with Crippen molar-refractivity contribution in [3.05, 3.63) is 24.0 Å². The van der Waals surface area contributed by atoms with Crippen molar-refractivity contribution >= 4 is 17.5 Å². The van der Waals surface area contributed by atoms with Crippen LogP contribution < -0.4 is 10.6 Å². The fourth-order valence-electron chi connectivity index (χ4n) is 3.74. The molecule has 1 atom stereocenters. The van der Waals surface area contributed by atoms with Crippen molar-refractivity contribution in [2.45, 2.75) is 57.1 Å². The number of hydrogen-bond donors (Lipinski definition) is 2. The highest BCUT2D eigenvalue weighted by molar-refractivity contribution is 5.89. The van der Waals surface area contributed by atoms with Crippen molar-refractivity contribution in [1.29, 1.82) is 0 Å². The first-order valence-electron chi connectivity index (χ1n) is 8.68. The van der Waals surface area contributed by atoms with E-state index in [0.717, 1.165) is 50.1 Å². The molecule has 2 aromatic heterocycles. The maximum atomic E-state index is 12.6. The van der Waals surface area contributed by atoms with Crippen LogP contribution in [0.15, 0.2) is 18.3 Å². The van der Waals surface area contributed by atoms with Crippen molar-refractivity contribution in [2.24, 2.45) is 0 Å². The molecule has 2 N–H and O–H groups in total. The Balaban J connectivity index is 1.49. The Kier molecular flexibility index (Phi) is 3.88. The largest absolute Gasteiger partial charge is 0.376 e. The van der Waals surface area contributed by atoms with Gasteiger partial charge in [0.05, 0.1) is 17.3 Å². The van der Waals surface area contributed by atoms with E-state index in [-0.39, 0.29) is 17.7 Å². The third-order valence-corrected chi connectivity index (χ3v) is 5.13. The molecule has 1 saturated carbocycles. The molecule has 7 heteroatoms. The molecular weight excluding hydrogens is 306 g/mol. The third-order valence-electron chi connectivity index (χ3n) is 5.13. The van der Waals surface area contributed by atoms with Gasteiger partial charge in [-0.2, -0.15) is 9.61 Å². The molecule has 24 heavy (non-hydrogen) atoms. The van der Waals surface area contributed by atoms with E-state index < -0.39 is 0 Å². The molecule has 128 valence electrons. The van der Waals surface area contributed by atoms with Crippen LogP contribution in [0.25, 0.3) is 5.65 Å². The van der Waals surface area contributed by atoms with Crippen molar-refractivity contribution < 1.29 is 9.53 Å². The molecule has 2 aliphatic rings. The third kappa shape index (κ3) is 2.73. The molecule has 4 rings (SSSR count). The van der Waals surface area contributed by atoms with E-state index in [1.54, 1.807) is 16.8 Å². The van der Waals surface area contributed by atoms with Crippen molar-refractivity contribution in [3.63, 3.8) is 0 Å². The van der Waals surface area contributed by atoms with Crippen LogP contribution in [0.1, 0.15) is 44.2 Å². The second-order valence-corrected chi connectivity index (χ2v) is 6.83. The summed E-state index contributed by atoms with van der Waals surface area (Å²) in [7, 11) is 0. The first-order chi connectivity index (χ1) is 11.7. The highest BCUT2D eigenvalue weighted by Crippen LogP contribution is 2.39. The summed E-state index contributed by atoms with van der Waals surface area (Å²) in [6, 6.07) is 3.43. The molecule has 2 fully saturated rings. The monoisotopic (exact) mass is 329 g/mol. The molecule has 0 spiro atoms. The lowest BCUT2D eigenvalue weighted by Gasteiger charge is -2.48. The molecule has 3 heterocycles. The van der Waals surface area contributed by atoms with E-state index in [0.29, 0.717) is 5.82 Å². The molecule has 7 nitrogen and oxygen atoms in total. The van der Waals surface area contributed by atoms with Crippen LogP contribution in [0.4, 0.5) is 10.6 Å². The lowest BCUT2D eigenvalue weighted by Crippen LogP contribution is -2.63. The number of nitrogens with zero attached hydrogens (tertiary/aromatic N) is 3. The summed E-state index contributed by atoms with van der Waals surface area (Å²) in [5, 5.41) is 10.5. The zero-order chi connectivity index (χ0) is 16.6. The average Bonchev–Trinajstić information content (AvgIpc) is 2.93. The number of fused-ring (bicyclic) bond motifs is 1. The van der Waals surface area contributed by atoms with Gasteiger partial charge in [0, 0.05) is 18.9 Å². The van der Waals surface area contributed by atoms with Crippen LogP contribution in [0.2, 0.25) is 0 Å². The topological polar surface area (TPSA) is 80.5 Å². The van der Waals surface area contributed by atoms with Gasteiger partial charge in [0.15, 0.2) is 5.65 Å². The Morgan fingerprint density at radius 3 is 2.96 bits per heavy atom. The zero-order valence-corrected chi connectivity index (χ0v) is 13.9. The van der Waals surface area contributed by atoms with Gasteiger partial charge < -0.3 is 10.1 Å². The summed E-state index contributed by atoms with van der Waals surface area (Å²) >= 11 is 0. The number of aryl methyl sites for hydroxylation is 1. The Bertz CT molecular complexity index is 747. The number of hydrogen-bond acceptors (Lipinski definition) is 4. The van der Waals surface area contributed by atoms with Gasteiger partial charge in [-0.05, 0) is 51.5 Å². The number of nitrogens with one attached hydrogen (secondary N) is 2. The number of anilines is 1. The van der Waals surface area contributed by atoms with E-state index in [1.807, 2.05) is 13.0 Å². The van der Waals surface area contributed by atoms with Crippen molar-refractivity contribution in [3.8, 4) is 0 Å². The first-order valence-corrected chi connectivity index (χ1v) is 8.68. The number of carbonyl (C=O) groups is 1. The van der Waals surface area contributed by atoms with Crippen molar-refractivity contribution in [2.75, 3.05) is 11.9 Å².